The van der Waals surface area contributed by atoms with E-state index in [4.69, 9.17) is 20.0 Å². The molecule has 0 spiro atoms. The van der Waals surface area contributed by atoms with Crippen LogP contribution in [0, 0.1) is 0 Å². The molecule has 1 aliphatic rings. The second kappa shape index (κ2) is 5.33. The fourth-order valence-corrected chi connectivity index (χ4v) is 2.97. The Bertz CT molecular complexity index is 393. The Labute approximate surface area is 102 Å². The third-order valence-corrected chi connectivity index (χ3v) is 4.01. The molecule has 0 aromatic heterocycles. The van der Waals surface area contributed by atoms with Crippen LogP contribution < -0.4 is 0 Å². The van der Waals surface area contributed by atoms with Crippen molar-refractivity contribution in [3.8, 4) is 0 Å². The number of carbonyl (C=O) groups is 2. The minimum atomic E-state index is -5.15. The summed E-state index contributed by atoms with van der Waals surface area (Å²) in [6.45, 7) is 0.0713. The van der Waals surface area contributed by atoms with Gasteiger partial charge in [0.05, 0.1) is 0 Å². The number of carboxylic acids is 2. The van der Waals surface area contributed by atoms with E-state index in [0.29, 0.717) is 6.42 Å². The van der Waals surface area contributed by atoms with Gasteiger partial charge in [-0.3, -0.25) is 19.1 Å². The molecule has 1 heterocycles. The molecule has 0 saturated carbocycles. The van der Waals surface area contributed by atoms with Crippen molar-refractivity contribution in [3.05, 3.63) is 0 Å². The molecule has 3 unspecified atom stereocenters. The molecule has 1 aliphatic heterocycles. The second-order valence-corrected chi connectivity index (χ2v) is 5.75. The molecule has 1 rings (SSSR count). The van der Waals surface area contributed by atoms with Gasteiger partial charge in [-0.2, -0.15) is 0 Å². The van der Waals surface area contributed by atoms with E-state index in [1.165, 1.54) is 0 Å². The van der Waals surface area contributed by atoms with Gasteiger partial charge in [-0.15, -0.1) is 0 Å². The van der Waals surface area contributed by atoms with Gasteiger partial charge in [-0.1, -0.05) is 0 Å². The van der Waals surface area contributed by atoms with Gasteiger partial charge in [-0.25, -0.2) is 0 Å². The van der Waals surface area contributed by atoms with Crippen LogP contribution in [0.15, 0.2) is 0 Å². The van der Waals surface area contributed by atoms with Crippen LogP contribution in [0.1, 0.15) is 12.8 Å². The molecule has 0 bridgehead atoms. The number of aliphatic hydroxyl groups excluding tert-OH is 1. The summed E-state index contributed by atoms with van der Waals surface area (Å²) in [4.78, 5) is 40.8. The SMILES string of the molecule is O=C(O)C(C(C(=O)O)P(=O)(O)O)N1CCCC1O. The van der Waals surface area contributed by atoms with Gasteiger partial charge in [0.15, 0.2) is 5.66 Å². The fraction of sp³-hybridized carbons (Fsp3) is 0.750. The summed E-state index contributed by atoms with van der Waals surface area (Å²) in [5.74, 6) is -3.60. The fourth-order valence-electron chi connectivity index (χ4n) is 2.02. The molecule has 104 valence electrons. The first-order chi connectivity index (χ1) is 8.16. The van der Waals surface area contributed by atoms with Crippen LogP contribution in [-0.2, 0) is 14.2 Å². The molecule has 3 atom stereocenters. The molecular weight excluding hydrogens is 269 g/mol. The zero-order chi connectivity index (χ0) is 14.1. The van der Waals surface area contributed by atoms with Crippen molar-refractivity contribution in [1.82, 2.24) is 4.90 Å². The van der Waals surface area contributed by atoms with Crippen molar-refractivity contribution in [2.45, 2.75) is 30.8 Å². The first-order valence-corrected chi connectivity index (χ1v) is 6.79. The molecule has 0 aliphatic carbocycles. The average molecular weight is 283 g/mol. The zero-order valence-electron chi connectivity index (χ0n) is 9.21. The molecule has 9 nitrogen and oxygen atoms in total. The summed E-state index contributed by atoms with van der Waals surface area (Å²) < 4.78 is 11.1. The molecule has 0 aromatic rings. The first-order valence-electron chi connectivity index (χ1n) is 5.11. The highest BCUT2D eigenvalue weighted by atomic mass is 31.2. The monoisotopic (exact) mass is 283 g/mol. The third-order valence-electron chi connectivity index (χ3n) is 2.79. The largest absolute Gasteiger partial charge is 0.480 e. The van der Waals surface area contributed by atoms with Gasteiger partial charge in [0.25, 0.3) is 0 Å². The van der Waals surface area contributed by atoms with Crippen LogP contribution in [0.2, 0.25) is 0 Å². The average Bonchev–Trinajstić information content (AvgIpc) is 2.57. The lowest BCUT2D eigenvalue weighted by atomic mass is 10.1. The molecule has 1 saturated heterocycles. The number of likely N-dealkylation sites (tertiary alicyclic amines) is 1. The topological polar surface area (TPSA) is 156 Å². The van der Waals surface area contributed by atoms with Crippen molar-refractivity contribution in [2.75, 3.05) is 6.54 Å². The Morgan fingerprint density at radius 3 is 2.06 bits per heavy atom. The van der Waals surface area contributed by atoms with Crippen molar-refractivity contribution in [3.63, 3.8) is 0 Å². The molecule has 10 heteroatoms. The summed E-state index contributed by atoms with van der Waals surface area (Å²) in [7, 11) is -5.15. The van der Waals surface area contributed by atoms with Crippen molar-refractivity contribution in [1.29, 1.82) is 0 Å². The summed E-state index contributed by atoms with van der Waals surface area (Å²) in [5.41, 5.74) is -2.40. The van der Waals surface area contributed by atoms with Crippen molar-refractivity contribution in [2.24, 2.45) is 0 Å². The standard InChI is InChI=1S/C8H14NO8P/c10-4-2-1-3-9(4)5(7(11)12)6(8(13)14)18(15,16)17/h4-6,10H,1-3H2,(H,11,12)(H,13,14)(H2,15,16,17). The van der Waals surface area contributed by atoms with Crippen LogP contribution >= 0.6 is 7.60 Å². The van der Waals surface area contributed by atoms with Crippen molar-refractivity contribution < 1.29 is 39.3 Å². The molecular formula is C8H14NO8P. The minimum absolute atomic E-state index is 0.0713. The Kier molecular flexibility index (Phi) is 4.46. The van der Waals surface area contributed by atoms with E-state index in [0.717, 1.165) is 4.90 Å². The third kappa shape index (κ3) is 3.06. The summed E-state index contributed by atoms with van der Waals surface area (Å²) in [6.07, 6.45) is -0.546. The number of hydrogen-bond donors (Lipinski definition) is 5. The number of aliphatic carboxylic acids is 2. The highest BCUT2D eigenvalue weighted by Crippen LogP contribution is 2.45. The number of nitrogens with zero attached hydrogens (tertiary/aromatic N) is 1. The normalized spacial score (nSPS) is 24.7. The predicted molar refractivity (Wildman–Crippen MR) is 56.8 cm³/mol. The van der Waals surface area contributed by atoms with Gasteiger partial charge in [-0.05, 0) is 12.8 Å². The molecule has 1 fully saturated rings. The van der Waals surface area contributed by atoms with E-state index in [9.17, 15) is 19.3 Å². The van der Waals surface area contributed by atoms with Crippen LogP contribution in [0.4, 0.5) is 0 Å². The highest BCUT2D eigenvalue weighted by molar-refractivity contribution is 7.53. The Hall–Kier alpha value is -0.990. The van der Waals surface area contributed by atoms with Gasteiger partial charge in [0.1, 0.15) is 12.3 Å². The van der Waals surface area contributed by atoms with Gasteiger partial charge >= 0.3 is 19.5 Å². The van der Waals surface area contributed by atoms with Gasteiger partial charge in [0.2, 0.25) is 0 Å². The summed E-state index contributed by atoms with van der Waals surface area (Å²) in [5, 5.41) is 27.3. The van der Waals surface area contributed by atoms with Crippen LogP contribution in [0.25, 0.3) is 0 Å². The molecule has 5 N–H and O–H groups in total. The van der Waals surface area contributed by atoms with Gasteiger partial charge < -0.3 is 25.1 Å². The van der Waals surface area contributed by atoms with E-state index in [2.05, 4.69) is 0 Å². The molecule has 0 radical (unpaired) electrons. The first kappa shape index (κ1) is 15.1. The lowest BCUT2D eigenvalue weighted by molar-refractivity contribution is -0.153. The van der Waals surface area contributed by atoms with Crippen LogP contribution in [-0.4, -0.2) is 66.4 Å². The minimum Gasteiger partial charge on any atom is -0.480 e. The van der Waals surface area contributed by atoms with E-state index >= 15 is 0 Å². The highest BCUT2D eigenvalue weighted by Gasteiger charge is 2.51. The lowest BCUT2D eigenvalue weighted by Gasteiger charge is -2.31. The number of rotatable bonds is 5. The predicted octanol–water partition coefficient (Wildman–Crippen LogP) is -1.52. The van der Waals surface area contributed by atoms with E-state index in [1.54, 1.807) is 0 Å². The molecule has 18 heavy (non-hydrogen) atoms. The number of hydrogen-bond acceptors (Lipinski definition) is 5. The summed E-state index contributed by atoms with van der Waals surface area (Å²) in [6, 6.07) is -1.96. The second-order valence-electron chi connectivity index (χ2n) is 4.02. The Balaban J connectivity index is 3.13. The van der Waals surface area contributed by atoms with Gasteiger partial charge in [0, 0.05) is 6.54 Å². The molecule has 0 aromatic carbocycles. The van der Waals surface area contributed by atoms with Crippen LogP contribution in [0.5, 0.6) is 0 Å². The van der Waals surface area contributed by atoms with Crippen LogP contribution in [0.3, 0.4) is 0 Å². The smallest absolute Gasteiger partial charge is 0.342 e. The maximum Gasteiger partial charge on any atom is 0.342 e. The van der Waals surface area contributed by atoms with Crippen molar-refractivity contribution >= 4 is 19.5 Å². The Morgan fingerprint density at radius 1 is 1.22 bits per heavy atom. The van der Waals surface area contributed by atoms with E-state index in [1.807, 2.05) is 0 Å². The maximum absolute atomic E-state index is 11.1. The number of carboxylic acid groups (broad SMARTS) is 2. The lowest BCUT2D eigenvalue weighted by Crippen LogP contribution is -2.53. The Morgan fingerprint density at radius 2 is 1.78 bits per heavy atom. The zero-order valence-corrected chi connectivity index (χ0v) is 10.1. The number of aliphatic hydroxyl groups is 1. The maximum atomic E-state index is 11.1. The molecule has 0 amide bonds. The van der Waals surface area contributed by atoms with E-state index in [-0.39, 0.29) is 13.0 Å². The quantitative estimate of drug-likeness (QED) is 0.378. The summed E-state index contributed by atoms with van der Waals surface area (Å²) >= 11 is 0. The van der Waals surface area contributed by atoms with E-state index < -0.39 is 37.5 Å².